The predicted molar refractivity (Wildman–Crippen MR) is 67.3 cm³/mol. The van der Waals surface area contributed by atoms with Crippen molar-refractivity contribution in [2.24, 2.45) is 0 Å². The quantitative estimate of drug-likeness (QED) is 0.821. The van der Waals surface area contributed by atoms with Crippen LogP contribution in [0.2, 0.25) is 0 Å². The molecule has 1 aromatic carbocycles. The molecule has 0 aliphatic heterocycles. The lowest BCUT2D eigenvalue weighted by Gasteiger charge is -2.06. The molecule has 0 aromatic heterocycles. The van der Waals surface area contributed by atoms with Crippen molar-refractivity contribution < 1.29 is 13.2 Å². The van der Waals surface area contributed by atoms with Crippen LogP contribution in [0.4, 0.5) is 5.69 Å². The van der Waals surface area contributed by atoms with Gasteiger partial charge >= 0.3 is 0 Å². The van der Waals surface area contributed by atoms with E-state index in [0.717, 1.165) is 5.56 Å². The van der Waals surface area contributed by atoms with Gasteiger partial charge in [-0.05, 0) is 26.0 Å². The van der Waals surface area contributed by atoms with Gasteiger partial charge in [0.15, 0.2) is 0 Å². The van der Waals surface area contributed by atoms with Gasteiger partial charge < -0.3 is 5.32 Å². The number of hydrogen-bond acceptors (Lipinski definition) is 3. The Morgan fingerprint density at radius 2 is 1.82 bits per heavy atom. The highest BCUT2D eigenvalue weighted by molar-refractivity contribution is 7.89. The van der Waals surface area contributed by atoms with Crippen LogP contribution in [-0.2, 0) is 14.8 Å². The summed E-state index contributed by atoms with van der Waals surface area (Å²) in [7, 11) is -3.32. The van der Waals surface area contributed by atoms with E-state index in [-0.39, 0.29) is 18.2 Å². The zero-order valence-electron chi connectivity index (χ0n) is 9.86. The minimum absolute atomic E-state index is 0.0369. The highest BCUT2D eigenvalue weighted by Gasteiger charge is 2.09. The van der Waals surface area contributed by atoms with Crippen LogP contribution in [0, 0.1) is 6.92 Å². The largest absolute Gasteiger partial charge is 0.325 e. The molecule has 0 fully saturated rings. The highest BCUT2D eigenvalue weighted by atomic mass is 32.2. The summed E-state index contributed by atoms with van der Waals surface area (Å²) in [4.78, 5) is 11.4. The van der Waals surface area contributed by atoms with Gasteiger partial charge in [0, 0.05) is 5.69 Å². The first-order valence-electron chi connectivity index (χ1n) is 5.27. The number of rotatable bonds is 5. The molecule has 1 amide bonds. The van der Waals surface area contributed by atoms with E-state index in [0.29, 0.717) is 5.69 Å². The molecule has 17 heavy (non-hydrogen) atoms. The summed E-state index contributed by atoms with van der Waals surface area (Å²) in [6.07, 6.45) is 0. The summed E-state index contributed by atoms with van der Waals surface area (Å²) in [6, 6.07) is 7.26. The van der Waals surface area contributed by atoms with Crippen LogP contribution < -0.4 is 10.0 Å². The Kier molecular flexibility index (Phi) is 4.65. The molecule has 94 valence electrons. The molecule has 0 bridgehead atoms. The molecule has 0 unspecified atom stereocenters. The fraction of sp³-hybridized carbons (Fsp3) is 0.364. The molecule has 1 aromatic rings. The molecule has 0 aliphatic carbocycles. The van der Waals surface area contributed by atoms with Gasteiger partial charge in [-0.15, -0.1) is 0 Å². The summed E-state index contributed by atoms with van der Waals surface area (Å²) in [5, 5.41) is 2.60. The molecule has 1 rings (SSSR count). The molecule has 0 spiro atoms. The van der Waals surface area contributed by atoms with E-state index in [1.165, 1.54) is 6.92 Å². The Labute approximate surface area is 101 Å². The lowest BCUT2D eigenvalue weighted by atomic mass is 10.2. The highest BCUT2D eigenvalue weighted by Crippen LogP contribution is 2.07. The molecule has 0 saturated carbocycles. The Morgan fingerprint density at radius 3 is 2.35 bits per heavy atom. The Morgan fingerprint density at radius 1 is 1.24 bits per heavy atom. The Hall–Kier alpha value is -1.40. The standard InChI is InChI=1S/C11H16N2O3S/c1-3-17(15,16)12-8-11(14)13-10-6-4-9(2)5-7-10/h4-7,12H,3,8H2,1-2H3,(H,13,14). The van der Waals surface area contributed by atoms with Crippen molar-refractivity contribution >= 4 is 21.6 Å². The van der Waals surface area contributed by atoms with E-state index in [1.54, 1.807) is 12.1 Å². The second-order valence-electron chi connectivity index (χ2n) is 3.64. The van der Waals surface area contributed by atoms with E-state index < -0.39 is 10.0 Å². The summed E-state index contributed by atoms with van der Waals surface area (Å²) in [6.45, 7) is 3.21. The predicted octanol–water partition coefficient (Wildman–Crippen LogP) is 0.873. The molecule has 0 atom stereocenters. The fourth-order valence-electron chi connectivity index (χ4n) is 1.12. The number of aryl methyl sites for hydroxylation is 1. The lowest BCUT2D eigenvalue weighted by Crippen LogP contribution is -2.33. The average Bonchev–Trinajstić information content (AvgIpc) is 2.30. The first kappa shape index (κ1) is 13.7. The zero-order valence-corrected chi connectivity index (χ0v) is 10.7. The van der Waals surface area contributed by atoms with Crippen molar-refractivity contribution in [1.29, 1.82) is 0 Å². The molecular formula is C11H16N2O3S. The summed E-state index contributed by atoms with van der Waals surface area (Å²) < 4.78 is 24.4. The number of carbonyl (C=O) groups excluding carboxylic acids is 1. The molecule has 0 heterocycles. The molecule has 0 radical (unpaired) electrons. The number of carbonyl (C=O) groups is 1. The number of nitrogens with one attached hydrogen (secondary N) is 2. The number of amides is 1. The van der Waals surface area contributed by atoms with Gasteiger partial charge in [-0.3, -0.25) is 4.79 Å². The first-order valence-corrected chi connectivity index (χ1v) is 6.92. The maximum atomic E-state index is 11.4. The van der Waals surface area contributed by atoms with Crippen LogP contribution in [0.15, 0.2) is 24.3 Å². The van der Waals surface area contributed by atoms with Crippen molar-refractivity contribution in [1.82, 2.24) is 4.72 Å². The van der Waals surface area contributed by atoms with E-state index in [9.17, 15) is 13.2 Å². The summed E-state index contributed by atoms with van der Waals surface area (Å²) in [5.74, 6) is -0.420. The van der Waals surface area contributed by atoms with E-state index in [1.807, 2.05) is 19.1 Å². The van der Waals surface area contributed by atoms with Crippen LogP contribution in [0.1, 0.15) is 12.5 Å². The molecular weight excluding hydrogens is 240 g/mol. The topological polar surface area (TPSA) is 75.3 Å². The molecule has 6 heteroatoms. The number of hydrogen-bond donors (Lipinski definition) is 2. The third-order valence-electron chi connectivity index (χ3n) is 2.17. The van der Waals surface area contributed by atoms with Crippen LogP contribution >= 0.6 is 0 Å². The van der Waals surface area contributed by atoms with Crippen molar-refractivity contribution in [3.63, 3.8) is 0 Å². The summed E-state index contributed by atoms with van der Waals surface area (Å²) >= 11 is 0. The van der Waals surface area contributed by atoms with Crippen molar-refractivity contribution in [3.8, 4) is 0 Å². The molecule has 0 aliphatic rings. The first-order chi connectivity index (χ1) is 7.93. The maximum Gasteiger partial charge on any atom is 0.239 e. The molecule has 5 nitrogen and oxygen atoms in total. The maximum absolute atomic E-state index is 11.4. The molecule has 0 saturated heterocycles. The average molecular weight is 256 g/mol. The number of benzene rings is 1. The van der Waals surface area contributed by atoms with Crippen LogP contribution in [0.3, 0.4) is 0 Å². The molecule has 2 N–H and O–H groups in total. The van der Waals surface area contributed by atoms with Gasteiger partial charge in [0.1, 0.15) is 0 Å². The third-order valence-corrected chi connectivity index (χ3v) is 3.51. The Balaban J connectivity index is 2.48. The normalized spacial score (nSPS) is 11.2. The second kappa shape index (κ2) is 5.79. The van der Waals surface area contributed by atoms with Crippen molar-refractivity contribution in [3.05, 3.63) is 29.8 Å². The van der Waals surface area contributed by atoms with Crippen LogP contribution in [-0.4, -0.2) is 26.6 Å². The van der Waals surface area contributed by atoms with Gasteiger partial charge in [0.25, 0.3) is 0 Å². The monoisotopic (exact) mass is 256 g/mol. The van der Waals surface area contributed by atoms with E-state index in [2.05, 4.69) is 10.0 Å². The minimum Gasteiger partial charge on any atom is -0.325 e. The van der Waals surface area contributed by atoms with Crippen LogP contribution in [0.5, 0.6) is 0 Å². The van der Waals surface area contributed by atoms with Crippen LogP contribution in [0.25, 0.3) is 0 Å². The van der Waals surface area contributed by atoms with Gasteiger partial charge in [-0.25, -0.2) is 13.1 Å². The second-order valence-corrected chi connectivity index (χ2v) is 5.73. The van der Waals surface area contributed by atoms with E-state index in [4.69, 9.17) is 0 Å². The minimum atomic E-state index is -3.32. The lowest BCUT2D eigenvalue weighted by molar-refractivity contribution is -0.115. The third kappa shape index (κ3) is 4.97. The van der Waals surface area contributed by atoms with Crippen molar-refractivity contribution in [2.75, 3.05) is 17.6 Å². The van der Waals surface area contributed by atoms with Gasteiger partial charge in [0.2, 0.25) is 15.9 Å². The smallest absolute Gasteiger partial charge is 0.239 e. The fourth-order valence-corrected chi connectivity index (χ4v) is 1.67. The van der Waals surface area contributed by atoms with Gasteiger partial charge in [-0.2, -0.15) is 0 Å². The summed E-state index contributed by atoms with van der Waals surface area (Å²) in [5.41, 5.74) is 1.74. The van der Waals surface area contributed by atoms with Gasteiger partial charge in [0.05, 0.1) is 12.3 Å². The van der Waals surface area contributed by atoms with E-state index >= 15 is 0 Å². The number of sulfonamides is 1. The zero-order chi connectivity index (χ0) is 12.9. The van der Waals surface area contributed by atoms with Gasteiger partial charge in [-0.1, -0.05) is 17.7 Å². The van der Waals surface area contributed by atoms with Crippen molar-refractivity contribution in [2.45, 2.75) is 13.8 Å². The SMILES string of the molecule is CCS(=O)(=O)NCC(=O)Nc1ccc(C)cc1. The number of anilines is 1. The Bertz CT molecular complexity index is 480.